The Bertz CT molecular complexity index is 867. The zero-order valence-electron chi connectivity index (χ0n) is 11.2. The summed E-state index contributed by atoms with van der Waals surface area (Å²) >= 11 is 5.68. The van der Waals surface area contributed by atoms with Gasteiger partial charge in [0.05, 0.1) is 22.4 Å². The van der Waals surface area contributed by atoms with Crippen molar-refractivity contribution in [3.8, 4) is 0 Å². The molecule has 0 aromatic heterocycles. The Hall–Kier alpha value is -1.92. The lowest BCUT2D eigenvalue weighted by molar-refractivity contribution is -0.117. The molecule has 0 amide bonds. The molecule has 114 valence electrons. The summed E-state index contributed by atoms with van der Waals surface area (Å²) in [5.41, 5.74) is 1.02. The van der Waals surface area contributed by atoms with Gasteiger partial charge in [0, 0.05) is 0 Å². The fourth-order valence-electron chi connectivity index (χ4n) is 2.61. The molecular formula is C15H11ClFNO3S. The number of sulfonamides is 1. The molecule has 1 aliphatic rings. The lowest BCUT2D eigenvalue weighted by Crippen LogP contribution is -2.17. The van der Waals surface area contributed by atoms with Gasteiger partial charge >= 0.3 is 0 Å². The SMILES string of the molecule is O=C(CCl)C1c2ccccc2NS(=O)(=O)c2cc(F)ccc21. The number of fused-ring (bicyclic) bond motifs is 2. The van der Waals surface area contributed by atoms with Gasteiger partial charge in [0.15, 0.2) is 5.78 Å². The number of ketones is 1. The van der Waals surface area contributed by atoms with E-state index in [1.54, 1.807) is 24.3 Å². The zero-order valence-corrected chi connectivity index (χ0v) is 12.8. The van der Waals surface area contributed by atoms with Crippen molar-refractivity contribution in [2.75, 3.05) is 10.6 Å². The van der Waals surface area contributed by atoms with Crippen LogP contribution in [0.4, 0.5) is 10.1 Å². The second kappa shape index (κ2) is 5.37. The van der Waals surface area contributed by atoms with E-state index in [0.717, 1.165) is 12.1 Å². The highest BCUT2D eigenvalue weighted by molar-refractivity contribution is 7.92. The van der Waals surface area contributed by atoms with Gasteiger partial charge in [0.2, 0.25) is 0 Å². The Morgan fingerprint density at radius 3 is 2.64 bits per heavy atom. The predicted octanol–water partition coefficient (Wildman–Crippen LogP) is 2.88. The number of alkyl halides is 1. The fraction of sp³-hybridized carbons (Fsp3) is 0.133. The van der Waals surface area contributed by atoms with Gasteiger partial charge in [-0.1, -0.05) is 24.3 Å². The van der Waals surface area contributed by atoms with Crippen LogP contribution < -0.4 is 4.72 Å². The van der Waals surface area contributed by atoms with Gasteiger partial charge in [0.25, 0.3) is 10.0 Å². The number of carbonyl (C=O) groups is 1. The molecule has 22 heavy (non-hydrogen) atoms. The van der Waals surface area contributed by atoms with E-state index in [-0.39, 0.29) is 22.1 Å². The maximum atomic E-state index is 13.5. The maximum absolute atomic E-state index is 13.5. The molecular weight excluding hydrogens is 329 g/mol. The minimum Gasteiger partial charge on any atom is -0.297 e. The molecule has 0 spiro atoms. The minimum atomic E-state index is -3.97. The maximum Gasteiger partial charge on any atom is 0.262 e. The van der Waals surface area contributed by atoms with E-state index in [2.05, 4.69) is 4.72 Å². The highest BCUT2D eigenvalue weighted by Gasteiger charge is 2.34. The van der Waals surface area contributed by atoms with Crippen LogP contribution in [0.3, 0.4) is 0 Å². The number of hydrogen-bond acceptors (Lipinski definition) is 3. The van der Waals surface area contributed by atoms with E-state index >= 15 is 0 Å². The third kappa shape index (κ3) is 2.38. The summed E-state index contributed by atoms with van der Waals surface area (Å²) in [6.07, 6.45) is 0. The minimum absolute atomic E-state index is 0.226. The van der Waals surface area contributed by atoms with E-state index in [1.807, 2.05) is 0 Å². The van der Waals surface area contributed by atoms with Crippen molar-refractivity contribution in [1.29, 1.82) is 0 Å². The van der Waals surface area contributed by atoms with Gasteiger partial charge in [-0.3, -0.25) is 9.52 Å². The van der Waals surface area contributed by atoms with Crippen LogP contribution >= 0.6 is 11.6 Å². The number of benzene rings is 2. The van der Waals surface area contributed by atoms with Gasteiger partial charge in [-0.2, -0.15) is 0 Å². The van der Waals surface area contributed by atoms with Crippen LogP contribution in [-0.2, 0) is 14.8 Å². The average Bonchev–Trinajstić information content (AvgIpc) is 2.58. The Kier molecular flexibility index (Phi) is 3.66. The number of Topliss-reactive ketones (excluding diaryl/α,β-unsaturated/α-hetero) is 1. The van der Waals surface area contributed by atoms with Crippen molar-refractivity contribution in [2.45, 2.75) is 10.8 Å². The monoisotopic (exact) mass is 339 g/mol. The summed E-state index contributed by atoms with van der Waals surface area (Å²) in [5.74, 6) is -2.15. The third-order valence-electron chi connectivity index (χ3n) is 3.55. The van der Waals surface area contributed by atoms with Crippen molar-refractivity contribution in [2.24, 2.45) is 0 Å². The van der Waals surface area contributed by atoms with Crippen molar-refractivity contribution < 1.29 is 17.6 Å². The molecule has 0 saturated heterocycles. The summed E-state index contributed by atoms with van der Waals surface area (Å²) < 4.78 is 40.8. The molecule has 0 saturated carbocycles. The van der Waals surface area contributed by atoms with E-state index in [1.165, 1.54) is 6.07 Å². The third-order valence-corrected chi connectivity index (χ3v) is 5.23. The van der Waals surface area contributed by atoms with Crippen LogP contribution in [0.1, 0.15) is 17.0 Å². The van der Waals surface area contributed by atoms with E-state index < -0.39 is 21.8 Å². The second-order valence-electron chi connectivity index (χ2n) is 4.91. The highest BCUT2D eigenvalue weighted by Crippen LogP contribution is 2.39. The smallest absolute Gasteiger partial charge is 0.262 e. The van der Waals surface area contributed by atoms with E-state index in [4.69, 9.17) is 11.6 Å². The Labute approximate surface area is 132 Å². The highest BCUT2D eigenvalue weighted by atomic mass is 35.5. The number of nitrogens with one attached hydrogen (secondary N) is 1. The summed E-state index contributed by atoms with van der Waals surface area (Å²) in [6.45, 7) is 0. The van der Waals surface area contributed by atoms with Gasteiger partial charge in [-0.25, -0.2) is 12.8 Å². The molecule has 1 heterocycles. The summed E-state index contributed by atoms with van der Waals surface area (Å²) in [4.78, 5) is 12.0. The largest absolute Gasteiger partial charge is 0.297 e. The van der Waals surface area contributed by atoms with Crippen LogP contribution in [0.15, 0.2) is 47.4 Å². The number of rotatable bonds is 2. The fourth-order valence-corrected chi connectivity index (χ4v) is 4.12. The molecule has 1 N–H and O–H groups in total. The molecule has 1 atom stereocenters. The summed E-state index contributed by atoms with van der Waals surface area (Å²) in [5, 5.41) is 0. The lowest BCUT2D eigenvalue weighted by atomic mass is 9.87. The number of hydrogen-bond donors (Lipinski definition) is 1. The van der Waals surface area contributed by atoms with Crippen molar-refractivity contribution >= 4 is 33.1 Å². The molecule has 1 aliphatic heterocycles. The normalized spacial score (nSPS) is 18.5. The number of carbonyl (C=O) groups excluding carboxylic acids is 1. The molecule has 0 aliphatic carbocycles. The van der Waals surface area contributed by atoms with Crippen LogP contribution in [0.25, 0.3) is 0 Å². The first kappa shape index (κ1) is 15.0. The van der Waals surface area contributed by atoms with Gasteiger partial charge in [-0.15, -0.1) is 11.6 Å². The van der Waals surface area contributed by atoms with Crippen LogP contribution in [0, 0.1) is 5.82 Å². The molecule has 3 rings (SSSR count). The Balaban J connectivity index is 2.38. The first-order chi connectivity index (χ1) is 10.4. The summed E-state index contributed by atoms with van der Waals surface area (Å²) in [7, 11) is -3.97. The Morgan fingerprint density at radius 2 is 1.91 bits per heavy atom. The van der Waals surface area contributed by atoms with Crippen molar-refractivity contribution in [1.82, 2.24) is 0 Å². The lowest BCUT2D eigenvalue weighted by Gasteiger charge is -2.16. The molecule has 0 radical (unpaired) electrons. The molecule has 0 bridgehead atoms. The van der Waals surface area contributed by atoms with Crippen LogP contribution in [0.5, 0.6) is 0 Å². The van der Waals surface area contributed by atoms with Gasteiger partial charge < -0.3 is 0 Å². The molecule has 4 nitrogen and oxygen atoms in total. The molecule has 2 aromatic rings. The van der Waals surface area contributed by atoms with E-state index in [0.29, 0.717) is 11.3 Å². The second-order valence-corrected chi connectivity index (χ2v) is 6.83. The topological polar surface area (TPSA) is 63.2 Å². The molecule has 7 heteroatoms. The standard InChI is InChI=1S/C15H11ClFNO3S/c16-8-13(19)15-10-3-1-2-4-12(10)18-22(20,21)14-7-9(17)5-6-11(14)15/h1-7,15,18H,8H2. The Morgan fingerprint density at radius 1 is 1.18 bits per heavy atom. The zero-order chi connectivity index (χ0) is 15.9. The van der Waals surface area contributed by atoms with Crippen LogP contribution in [0.2, 0.25) is 0 Å². The van der Waals surface area contributed by atoms with Crippen LogP contribution in [-0.4, -0.2) is 20.1 Å². The van der Waals surface area contributed by atoms with E-state index in [9.17, 15) is 17.6 Å². The first-order valence-electron chi connectivity index (χ1n) is 6.44. The summed E-state index contributed by atoms with van der Waals surface area (Å²) in [6, 6.07) is 9.95. The number of halogens is 2. The van der Waals surface area contributed by atoms with Gasteiger partial charge in [-0.05, 0) is 29.3 Å². The van der Waals surface area contributed by atoms with Crippen molar-refractivity contribution in [3.63, 3.8) is 0 Å². The average molecular weight is 340 g/mol. The quantitative estimate of drug-likeness (QED) is 0.856. The van der Waals surface area contributed by atoms with Gasteiger partial charge in [0.1, 0.15) is 5.82 Å². The number of para-hydroxylation sites is 1. The first-order valence-corrected chi connectivity index (χ1v) is 8.45. The molecule has 2 aromatic carbocycles. The van der Waals surface area contributed by atoms with Crippen molar-refractivity contribution in [3.05, 3.63) is 59.4 Å². The molecule has 1 unspecified atom stereocenters. The number of anilines is 1. The predicted molar refractivity (Wildman–Crippen MR) is 81.2 cm³/mol. The molecule has 0 fully saturated rings.